The zero-order valence-corrected chi connectivity index (χ0v) is 13.9. The van der Waals surface area contributed by atoms with Crippen LogP contribution < -0.4 is 5.32 Å². The van der Waals surface area contributed by atoms with Crippen LogP contribution in [-0.4, -0.2) is 21.5 Å². The van der Waals surface area contributed by atoms with Gasteiger partial charge >= 0.3 is 0 Å². The van der Waals surface area contributed by atoms with E-state index in [-0.39, 0.29) is 12.4 Å². The molecule has 1 aromatic carbocycles. The lowest BCUT2D eigenvalue weighted by Gasteiger charge is -2.06. The Hall–Kier alpha value is -1.39. The number of hydrogen-bond acceptors (Lipinski definition) is 3. The highest BCUT2D eigenvalue weighted by atomic mass is 35.5. The first-order valence-corrected chi connectivity index (χ1v) is 7.40. The van der Waals surface area contributed by atoms with Crippen molar-refractivity contribution in [3.63, 3.8) is 0 Å². The molecule has 116 valence electrons. The first kappa shape index (κ1) is 17.7. The van der Waals surface area contributed by atoms with Gasteiger partial charge in [-0.25, -0.2) is 0 Å². The summed E-state index contributed by atoms with van der Waals surface area (Å²) < 4.78 is 0. The van der Waals surface area contributed by atoms with E-state index in [1.165, 1.54) is 0 Å². The van der Waals surface area contributed by atoms with Gasteiger partial charge in [0.15, 0.2) is 0 Å². The lowest BCUT2D eigenvalue weighted by molar-refractivity contribution is 0.512. The molecule has 0 spiro atoms. The summed E-state index contributed by atoms with van der Waals surface area (Å²) in [6, 6.07) is 10.3. The van der Waals surface area contributed by atoms with Crippen molar-refractivity contribution in [3.8, 4) is 11.3 Å². The molecule has 0 unspecified atom stereocenters. The fraction of sp³-hybridized carbons (Fsp3) is 0.500. The molecule has 0 saturated heterocycles. The average molecular weight is 309 g/mol. The maximum atomic E-state index is 4.63. The summed E-state index contributed by atoms with van der Waals surface area (Å²) in [7, 11) is 0. The minimum absolute atomic E-state index is 0. The molecule has 1 aromatic heterocycles. The molecule has 21 heavy (non-hydrogen) atoms. The number of hydrogen-bond donors (Lipinski definition) is 1. The van der Waals surface area contributed by atoms with Gasteiger partial charge in [0.2, 0.25) is 0 Å². The van der Waals surface area contributed by atoms with E-state index in [0.717, 1.165) is 43.0 Å². The Morgan fingerprint density at radius 3 is 2.48 bits per heavy atom. The van der Waals surface area contributed by atoms with Crippen LogP contribution in [0.4, 0.5) is 0 Å². The van der Waals surface area contributed by atoms with E-state index in [1.54, 1.807) is 0 Å². The van der Waals surface area contributed by atoms with E-state index >= 15 is 0 Å². The Balaban J connectivity index is 0.00000220. The summed E-state index contributed by atoms with van der Waals surface area (Å²) in [5.74, 6) is 0.640. The Kier molecular flexibility index (Phi) is 7.40. The second-order valence-corrected chi connectivity index (χ2v) is 5.48. The molecular formula is C16H25ClN4. The topological polar surface area (TPSA) is 42.7 Å². The second-order valence-electron chi connectivity index (χ2n) is 5.48. The van der Waals surface area contributed by atoms with Crippen molar-refractivity contribution in [3.05, 3.63) is 36.0 Å². The van der Waals surface area contributed by atoms with Crippen molar-refractivity contribution in [2.24, 2.45) is 5.92 Å². The lowest BCUT2D eigenvalue weighted by Crippen LogP contribution is -2.19. The number of aryl methyl sites for hydroxylation is 1. The molecule has 0 fully saturated rings. The third-order valence-corrected chi connectivity index (χ3v) is 3.04. The minimum Gasteiger partial charge on any atom is -0.311 e. The summed E-state index contributed by atoms with van der Waals surface area (Å²) in [6.07, 6.45) is 1.04. The highest BCUT2D eigenvalue weighted by molar-refractivity contribution is 5.85. The first-order valence-electron chi connectivity index (χ1n) is 7.40. The smallest absolute Gasteiger partial charge is 0.117 e. The number of rotatable bonds is 7. The molecule has 0 radical (unpaired) electrons. The van der Waals surface area contributed by atoms with Crippen molar-refractivity contribution in [2.75, 3.05) is 6.54 Å². The number of halogens is 1. The molecule has 0 bridgehead atoms. The maximum Gasteiger partial charge on any atom is 0.117 e. The lowest BCUT2D eigenvalue weighted by atomic mass is 10.1. The van der Waals surface area contributed by atoms with Crippen LogP contribution in [0.1, 0.15) is 32.9 Å². The fourth-order valence-electron chi connectivity index (χ4n) is 2.10. The van der Waals surface area contributed by atoms with Crippen LogP contribution in [0, 0.1) is 5.92 Å². The molecule has 0 aliphatic heterocycles. The summed E-state index contributed by atoms with van der Waals surface area (Å²) in [4.78, 5) is 1.81. The van der Waals surface area contributed by atoms with Crippen molar-refractivity contribution < 1.29 is 0 Å². The van der Waals surface area contributed by atoms with Gasteiger partial charge in [-0.2, -0.15) is 15.0 Å². The molecule has 2 rings (SSSR count). The number of benzene rings is 1. The summed E-state index contributed by atoms with van der Waals surface area (Å²) in [5, 5.41) is 12.7. The van der Waals surface area contributed by atoms with Gasteiger partial charge in [0.05, 0.1) is 6.54 Å². The van der Waals surface area contributed by atoms with E-state index in [1.807, 2.05) is 23.0 Å². The van der Waals surface area contributed by atoms with Gasteiger partial charge < -0.3 is 5.32 Å². The predicted molar refractivity (Wildman–Crippen MR) is 89.5 cm³/mol. The zero-order chi connectivity index (χ0) is 14.4. The Labute approximate surface area is 133 Å². The predicted octanol–water partition coefficient (Wildman–Crippen LogP) is 3.52. The molecule has 5 heteroatoms. The van der Waals surface area contributed by atoms with Gasteiger partial charge in [-0.15, -0.1) is 12.4 Å². The Morgan fingerprint density at radius 2 is 1.86 bits per heavy atom. The highest BCUT2D eigenvalue weighted by Gasteiger charge is 2.12. The molecule has 0 amide bonds. The van der Waals surface area contributed by atoms with Crippen molar-refractivity contribution in [1.29, 1.82) is 0 Å². The minimum atomic E-state index is 0. The summed E-state index contributed by atoms with van der Waals surface area (Å²) in [5.41, 5.74) is 3.16. The molecule has 0 atom stereocenters. The highest BCUT2D eigenvalue weighted by Crippen LogP contribution is 2.19. The van der Waals surface area contributed by atoms with E-state index < -0.39 is 0 Å². The van der Waals surface area contributed by atoms with Gasteiger partial charge in [0, 0.05) is 12.1 Å². The molecule has 0 aliphatic carbocycles. The van der Waals surface area contributed by atoms with Gasteiger partial charge in [0.25, 0.3) is 0 Å². The van der Waals surface area contributed by atoms with Crippen molar-refractivity contribution in [2.45, 2.75) is 40.3 Å². The largest absolute Gasteiger partial charge is 0.311 e. The summed E-state index contributed by atoms with van der Waals surface area (Å²) in [6.45, 7) is 9.19. The maximum absolute atomic E-state index is 4.63. The van der Waals surface area contributed by atoms with E-state index in [4.69, 9.17) is 0 Å². The SMILES string of the molecule is CCCn1nc(CNCC(C)C)c(-c2ccccc2)n1.Cl. The Bertz CT molecular complexity index is 522. The van der Waals surface area contributed by atoms with Crippen LogP contribution in [0.3, 0.4) is 0 Å². The average Bonchev–Trinajstić information content (AvgIpc) is 2.83. The Morgan fingerprint density at radius 1 is 1.14 bits per heavy atom. The third kappa shape index (κ3) is 5.14. The van der Waals surface area contributed by atoms with Crippen LogP contribution in [0.2, 0.25) is 0 Å². The fourth-order valence-corrected chi connectivity index (χ4v) is 2.10. The molecule has 4 nitrogen and oxygen atoms in total. The molecule has 0 aliphatic rings. The van der Waals surface area contributed by atoms with Gasteiger partial charge in [0.1, 0.15) is 11.4 Å². The molecule has 2 aromatic rings. The van der Waals surface area contributed by atoms with Gasteiger partial charge in [-0.1, -0.05) is 51.1 Å². The molecule has 1 N–H and O–H groups in total. The van der Waals surface area contributed by atoms with Gasteiger partial charge in [-0.05, 0) is 18.9 Å². The first-order chi connectivity index (χ1) is 9.70. The zero-order valence-electron chi connectivity index (χ0n) is 13.0. The van der Waals surface area contributed by atoms with Crippen LogP contribution in [0.5, 0.6) is 0 Å². The van der Waals surface area contributed by atoms with Gasteiger partial charge in [-0.3, -0.25) is 0 Å². The molecule has 1 heterocycles. The van der Waals surface area contributed by atoms with E-state index in [9.17, 15) is 0 Å². The third-order valence-electron chi connectivity index (χ3n) is 3.04. The van der Waals surface area contributed by atoms with Crippen molar-refractivity contribution >= 4 is 12.4 Å². The monoisotopic (exact) mass is 308 g/mol. The number of aromatic nitrogens is 3. The normalized spacial score (nSPS) is 10.7. The van der Waals surface area contributed by atoms with Crippen LogP contribution in [-0.2, 0) is 13.1 Å². The number of nitrogens with zero attached hydrogens (tertiary/aromatic N) is 3. The molecular weight excluding hydrogens is 284 g/mol. The van der Waals surface area contributed by atoms with Crippen LogP contribution in [0.15, 0.2) is 30.3 Å². The second kappa shape index (κ2) is 8.80. The van der Waals surface area contributed by atoms with Crippen molar-refractivity contribution in [1.82, 2.24) is 20.3 Å². The van der Waals surface area contributed by atoms with E-state index in [2.05, 4.69) is 48.4 Å². The standard InChI is InChI=1S/C16H24N4.ClH/c1-4-10-20-18-15(12-17-11-13(2)3)16(19-20)14-8-6-5-7-9-14;/h5-9,13,17H,4,10-12H2,1-3H3;1H. The van der Waals surface area contributed by atoms with Crippen LogP contribution in [0.25, 0.3) is 11.3 Å². The van der Waals surface area contributed by atoms with E-state index in [0.29, 0.717) is 5.92 Å². The quantitative estimate of drug-likeness (QED) is 0.851. The molecule has 0 saturated carbocycles. The number of nitrogens with one attached hydrogen (secondary N) is 1. The van der Waals surface area contributed by atoms with Crippen LogP contribution >= 0.6 is 12.4 Å². The summed E-state index contributed by atoms with van der Waals surface area (Å²) >= 11 is 0.